The van der Waals surface area contributed by atoms with Gasteiger partial charge in [0.05, 0.1) is 10.6 Å². The van der Waals surface area contributed by atoms with Gasteiger partial charge >= 0.3 is 0 Å². The summed E-state index contributed by atoms with van der Waals surface area (Å²) in [6, 6.07) is 14.0. The number of nitrogens with zero attached hydrogens (tertiary/aromatic N) is 3. The number of aromatic nitrogens is 2. The molecule has 0 saturated carbocycles. The molecule has 1 fully saturated rings. The van der Waals surface area contributed by atoms with E-state index in [1.54, 1.807) is 11.3 Å². The minimum atomic E-state index is -0.0199. The molecule has 27 heavy (non-hydrogen) atoms. The number of carbonyl (C=O) groups excluding carboxylic acids is 1. The second-order valence-corrected chi connectivity index (χ2v) is 7.91. The summed E-state index contributed by atoms with van der Waals surface area (Å²) in [6.07, 6.45) is 0.919. The number of aromatic amines is 1. The van der Waals surface area contributed by atoms with Crippen molar-refractivity contribution in [1.29, 1.82) is 0 Å². The Bertz CT molecular complexity index is 901. The molecule has 1 amide bonds. The Morgan fingerprint density at radius 1 is 1.30 bits per heavy atom. The van der Waals surface area contributed by atoms with Gasteiger partial charge in [-0.1, -0.05) is 6.07 Å². The van der Waals surface area contributed by atoms with Crippen LogP contribution in [0.3, 0.4) is 0 Å². The van der Waals surface area contributed by atoms with Gasteiger partial charge in [0.2, 0.25) is 0 Å². The molecule has 140 valence electrons. The highest BCUT2D eigenvalue weighted by Gasteiger charge is 2.26. The van der Waals surface area contributed by atoms with Crippen LogP contribution in [0.1, 0.15) is 16.8 Å². The fraction of sp³-hybridized carbons (Fsp3) is 0.300. The first-order chi connectivity index (χ1) is 13.1. The number of H-pyrrole nitrogens is 1. The standard InChI is InChI=1S/C20H23N5OS/c1-24(2)16-7-5-14(6-8-16)20(26)21-15-9-10-25(13-15)19-12-17(22-23-19)18-4-3-11-27-18/h3-8,11-12,15H,9-10,13H2,1-2H3,(H,21,26)(H,22,23). The Kier molecular flexibility index (Phi) is 4.85. The Morgan fingerprint density at radius 2 is 2.11 bits per heavy atom. The first kappa shape index (κ1) is 17.6. The second-order valence-electron chi connectivity index (χ2n) is 6.96. The summed E-state index contributed by atoms with van der Waals surface area (Å²) in [4.78, 5) is 17.9. The predicted molar refractivity (Wildman–Crippen MR) is 111 cm³/mol. The van der Waals surface area contributed by atoms with Crippen LogP contribution >= 0.6 is 11.3 Å². The zero-order valence-electron chi connectivity index (χ0n) is 15.5. The molecule has 1 unspecified atom stereocenters. The van der Waals surface area contributed by atoms with Crippen LogP contribution in [0.25, 0.3) is 10.6 Å². The number of hydrogen-bond acceptors (Lipinski definition) is 5. The minimum Gasteiger partial charge on any atom is -0.378 e. The second kappa shape index (κ2) is 7.44. The van der Waals surface area contributed by atoms with Gasteiger partial charge in [-0.05, 0) is 42.1 Å². The molecular formula is C20H23N5OS. The molecule has 1 aliphatic rings. The number of thiophene rings is 1. The Balaban J connectivity index is 1.36. The molecule has 0 aliphatic carbocycles. The zero-order valence-corrected chi connectivity index (χ0v) is 16.3. The molecule has 1 atom stereocenters. The van der Waals surface area contributed by atoms with Crippen LogP contribution in [0.2, 0.25) is 0 Å². The van der Waals surface area contributed by atoms with E-state index in [4.69, 9.17) is 0 Å². The highest BCUT2D eigenvalue weighted by molar-refractivity contribution is 7.13. The monoisotopic (exact) mass is 381 g/mol. The summed E-state index contributed by atoms with van der Waals surface area (Å²) < 4.78 is 0. The first-order valence-corrected chi connectivity index (χ1v) is 9.90. The van der Waals surface area contributed by atoms with Gasteiger partial charge < -0.3 is 15.1 Å². The quantitative estimate of drug-likeness (QED) is 0.712. The van der Waals surface area contributed by atoms with Gasteiger partial charge in [-0.25, -0.2) is 0 Å². The van der Waals surface area contributed by atoms with Crippen molar-refractivity contribution >= 4 is 28.7 Å². The molecule has 0 spiro atoms. The summed E-state index contributed by atoms with van der Waals surface area (Å²) in [7, 11) is 3.97. The zero-order chi connectivity index (χ0) is 18.8. The van der Waals surface area contributed by atoms with Gasteiger partial charge in [0.25, 0.3) is 5.91 Å². The summed E-state index contributed by atoms with van der Waals surface area (Å²) in [5.41, 5.74) is 2.81. The van der Waals surface area contributed by atoms with Crippen molar-refractivity contribution in [1.82, 2.24) is 15.5 Å². The Labute approximate surface area is 162 Å². The van der Waals surface area contributed by atoms with Gasteiger partial charge in [-0.15, -0.1) is 11.3 Å². The van der Waals surface area contributed by atoms with Crippen molar-refractivity contribution in [2.75, 3.05) is 37.0 Å². The van der Waals surface area contributed by atoms with E-state index in [1.165, 1.54) is 4.88 Å². The molecule has 4 rings (SSSR count). The van der Waals surface area contributed by atoms with Crippen LogP contribution in [-0.2, 0) is 0 Å². The van der Waals surface area contributed by atoms with Crippen molar-refractivity contribution in [3.05, 3.63) is 53.4 Å². The van der Waals surface area contributed by atoms with E-state index < -0.39 is 0 Å². The van der Waals surface area contributed by atoms with E-state index in [9.17, 15) is 4.79 Å². The lowest BCUT2D eigenvalue weighted by molar-refractivity contribution is 0.0940. The van der Waals surface area contributed by atoms with Crippen molar-refractivity contribution in [2.24, 2.45) is 0 Å². The van der Waals surface area contributed by atoms with Gasteiger partial charge in [0.15, 0.2) is 5.82 Å². The maximum absolute atomic E-state index is 12.5. The predicted octanol–water partition coefficient (Wildman–Crippen LogP) is 3.21. The largest absolute Gasteiger partial charge is 0.378 e. The van der Waals surface area contributed by atoms with Crippen molar-refractivity contribution in [2.45, 2.75) is 12.5 Å². The van der Waals surface area contributed by atoms with E-state index in [1.807, 2.05) is 49.3 Å². The lowest BCUT2D eigenvalue weighted by Gasteiger charge is -2.16. The highest BCUT2D eigenvalue weighted by atomic mass is 32.1. The molecule has 7 heteroatoms. The van der Waals surface area contributed by atoms with Crippen LogP contribution in [0.4, 0.5) is 11.5 Å². The number of nitrogens with one attached hydrogen (secondary N) is 2. The molecule has 0 radical (unpaired) electrons. The fourth-order valence-electron chi connectivity index (χ4n) is 3.30. The smallest absolute Gasteiger partial charge is 0.251 e. The van der Waals surface area contributed by atoms with E-state index in [0.29, 0.717) is 5.56 Å². The molecule has 1 aliphatic heterocycles. The number of carbonyl (C=O) groups is 1. The van der Waals surface area contributed by atoms with Crippen molar-refractivity contribution in [3.63, 3.8) is 0 Å². The van der Waals surface area contributed by atoms with Crippen LogP contribution in [-0.4, -0.2) is 49.3 Å². The molecular weight excluding hydrogens is 358 g/mol. The van der Waals surface area contributed by atoms with E-state index in [-0.39, 0.29) is 11.9 Å². The Hall–Kier alpha value is -2.80. The highest BCUT2D eigenvalue weighted by Crippen LogP contribution is 2.27. The molecule has 2 N–H and O–H groups in total. The lowest BCUT2D eigenvalue weighted by Crippen LogP contribution is -2.37. The van der Waals surface area contributed by atoms with Crippen LogP contribution in [0.5, 0.6) is 0 Å². The molecule has 3 aromatic rings. The third-order valence-corrected chi connectivity index (χ3v) is 5.75. The van der Waals surface area contributed by atoms with Crippen LogP contribution in [0, 0.1) is 0 Å². The van der Waals surface area contributed by atoms with Crippen LogP contribution in [0.15, 0.2) is 47.8 Å². The van der Waals surface area contributed by atoms with Gasteiger partial charge in [-0.2, -0.15) is 5.10 Å². The number of hydrogen-bond donors (Lipinski definition) is 2. The van der Waals surface area contributed by atoms with Gasteiger partial charge in [0, 0.05) is 50.5 Å². The van der Waals surface area contributed by atoms with Gasteiger partial charge in [-0.3, -0.25) is 9.89 Å². The third kappa shape index (κ3) is 3.83. The van der Waals surface area contributed by atoms with E-state index in [2.05, 4.69) is 37.9 Å². The van der Waals surface area contributed by atoms with Gasteiger partial charge in [0.1, 0.15) is 0 Å². The van der Waals surface area contributed by atoms with Crippen LogP contribution < -0.4 is 15.1 Å². The lowest BCUT2D eigenvalue weighted by atomic mass is 10.1. The number of anilines is 2. The first-order valence-electron chi connectivity index (χ1n) is 9.02. The van der Waals surface area contributed by atoms with Crippen molar-refractivity contribution < 1.29 is 4.79 Å². The third-order valence-electron chi connectivity index (χ3n) is 4.84. The fourth-order valence-corrected chi connectivity index (χ4v) is 3.99. The average Bonchev–Trinajstić information content (AvgIpc) is 3.42. The maximum Gasteiger partial charge on any atom is 0.251 e. The minimum absolute atomic E-state index is 0.0199. The van der Waals surface area contributed by atoms with E-state index >= 15 is 0 Å². The normalized spacial score (nSPS) is 16.5. The number of benzene rings is 1. The summed E-state index contributed by atoms with van der Waals surface area (Å²) >= 11 is 1.69. The topological polar surface area (TPSA) is 64.3 Å². The molecule has 1 saturated heterocycles. The summed E-state index contributed by atoms with van der Waals surface area (Å²) in [6.45, 7) is 1.66. The maximum atomic E-state index is 12.5. The summed E-state index contributed by atoms with van der Waals surface area (Å²) in [5, 5.41) is 12.8. The Morgan fingerprint density at radius 3 is 2.81 bits per heavy atom. The molecule has 1 aromatic carbocycles. The number of rotatable bonds is 5. The molecule has 2 aromatic heterocycles. The number of amides is 1. The molecule has 3 heterocycles. The molecule has 6 nitrogen and oxygen atoms in total. The molecule has 0 bridgehead atoms. The van der Waals surface area contributed by atoms with Crippen molar-refractivity contribution in [3.8, 4) is 10.6 Å². The SMILES string of the molecule is CN(C)c1ccc(C(=O)NC2CCN(c3cc(-c4cccs4)[nH]n3)C2)cc1. The average molecular weight is 382 g/mol. The summed E-state index contributed by atoms with van der Waals surface area (Å²) in [5.74, 6) is 0.916. The van der Waals surface area contributed by atoms with E-state index in [0.717, 1.165) is 36.7 Å².